The molecule has 37 heavy (non-hydrogen) atoms. The van der Waals surface area contributed by atoms with E-state index in [1.165, 1.54) is 35.1 Å². The summed E-state index contributed by atoms with van der Waals surface area (Å²) in [5.41, 5.74) is 14.0. The van der Waals surface area contributed by atoms with Gasteiger partial charge in [-0.05, 0) is 78.4 Å². The highest BCUT2D eigenvalue weighted by Gasteiger charge is 2.23. The first-order chi connectivity index (χ1) is 18.0. The minimum atomic E-state index is 0.567. The van der Waals surface area contributed by atoms with Gasteiger partial charge in [-0.15, -0.1) is 0 Å². The molecule has 0 radical (unpaired) electrons. The molecular weight excluding hydrogens is 460 g/mol. The van der Waals surface area contributed by atoms with Gasteiger partial charge in [-0.1, -0.05) is 6.07 Å². The number of nitrogens with two attached hydrogens (primary N) is 1. The number of aryl methyl sites for hydroxylation is 2. The van der Waals surface area contributed by atoms with Crippen molar-refractivity contribution >= 4 is 39.0 Å². The first-order valence-electron chi connectivity index (χ1n) is 12.7. The molecule has 184 valence electrons. The van der Waals surface area contributed by atoms with E-state index < -0.39 is 0 Å². The van der Waals surface area contributed by atoms with Crippen LogP contribution in [0.1, 0.15) is 46.7 Å². The summed E-state index contributed by atoms with van der Waals surface area (Å²) in [6.45, 7) is 5.53. The van der Waals surface area contributed by atoms with Crippen molar-refractivity contribution in [2.75, 3.05) is 11.1 Å². The number of hydrogen-bond acceptors (Lipinski definition) is 6. The number of anilines is 2. The summed E-state index contributed by atoms with van der Waals surface area (Å²) in [5, 5.41) is 11.4. The first kappa shape index (κ1) is 21.8. The molecule has 0 aliphatic heterocycles. The topological polar surface area (TPSA) is 98.9 Å². The van der Waals surface area contributed by atoms with E-state index in [0.717, 1.165) is 44.8 Å². The molecule has 5 heterocycles. The summed E-state index contributed by atoms with van der Waals surface area (Å²) >= 11 is 0. The normalized spacial score (nSPS) is 13.7. The number of pyridine rings is 3. The number of fused-ring (bicyclic) bond motifs is 3. The van der Waals surface area contributed by atoms with Gasteiger partial charge in [0.2, 0.25) is 0 Å². The lowest BCUT2D eigenvalue weighted by atomic mass is 9.96. The predicted molar refractivity (Wildman–Crippen MR) is 147 cm³/mol. The van der Waals surface area contributed by atoms with E-state index in [1.807, 2.05) is 29.2 Å². The Balaban J connectivity index is 1.11. The molecular formula is C29H28N8. The van der Waals surface area contributed by atoms with Crippen molar-refractivity contribution in [1.82, 2.24) is 29.1 Å². The Labute approximate surface area is 214 Å². The van der Waals surface area contributed by atoms with Gasteiger partial charge in [0.1, 0.15) is 17.3 Å². The van der Waals surface area contributed by atoms with Crippen molar-refractivity contribution in [1.29, 1.82) is 0 Å². The summed E-state index contributed by atoms with van der Waals surface area (Å²) in [6.07, 6.45) is 12.6. The quantitative estimate of drug-likeness (QED) is 0.327. The fourth-order valence-corrected chi connectivity index (χ4v) is 5.29. The lowest BCUT2D eigenvalue weighted by Gasteiger charge is -2.15. The van der Waals surface area contributed by atoms with Crippen LogP contribution in [0.5, 0.6) is 0 Å². The van der Waals surface area contributed by atoms with Crippen LogP contribution in [0.15, 0.2) is 61.3 Å². The van der Waals surface area contributed by atoms with Gasteiger partial charge in [-0.2, -0.15) is 5.10 Å². The van der Waals surface area contributed by atoms with Crippen molar-refractivity contribution in [3.8, 4) is 0 Å². The second-order valence-corrected chi connectivity index (χ2v) is 10.1. The van der Waals surface area contributed by atoms with Crippen molar-refractivity contribution < 1.29 is 0 Å². The molecule has 0 saturated heterocycles. The molecule has 1 aliphatic rings. The Kier molecular flexibility index (Phi) is 4.89. The number of rotatable bonds is 6. The molecule has 1 saturated carbocycles. The van der Waals surface area contributed by atoms with Crippen LogP contribution in [-0.4, -0.2) is 29.1 Å². The second kappa shape index (κ2) is 8.30. The number of nitrogen functional groups attached to an aromatic ring is 1. The highest BCUT2D eigenvalue weighted by atomic mass is 15.3. The minimum absolute atomic E-state index is 0.567. The Hall–Kier alpha value is -4.46. The Morgan fingerprint density at radius 3 is 2.78 bits per heavy atom. The maximum absolute atomic E-state index is 6.10. The van der Waals surface area contributed by atoms with Crippen molar-refractivity contribution in [3.63, 3.8) is 0 Å². The lowest BCUT2D eigenvalue weighted by Crippen LogP contribution is -2.06. The van der Waals surface area contributed by atoms with Gasteiger partial charge >= 0.3 is 0 Å². The summed E-state index contributed by atoms with van der Waals surface area (Å²) in [7, 11) is 0. The van der Waals surface area contributed by atoms with Gasteiger partial charge in [0.05, 0.1) is 17.8 Å². The lowest BCUT2D eigenvalue weighted by molar-refractivity contribution is 0.684. The minimum Gasteiger partial charge on any atom is -0.383 e. The fourth-order valence-electron chi connectivity index (χ4n) is 5.29. The Morgan fingerprint density at radius 1 is 1.03 bits per heavy atom. The third kappa shape index (κ3) is 3.94. The number of benzene rings is 1. The number of hydrogen-bond donors (Lipinski definition) is 2. The molecule has 3 N–H and O–H groups in total. The standard InChI is InChI=1S/C29H28N8/c1-17-9-24-23(7-8-31-29(24)30)18(2)25(17)12-33-27-10-26-21(11-32-27)14-37(35-26)16-22-15-36-13-20(19-3-4-19)5-6-28(36)34-22/h5-11,13-15,19,33H,3-4,12,16H2,1-2H3,(H2,30,31). The van der Waals surface area contributed by atoms with Crippen LogP contribution in [0.4, 0.5) is 11.6 Å². The molecule has 0 spiro atoms. The summed E-state index contributed by atoms with van der Waals surface area (Å²) in [5.74, 6) is 2.09. The van der Waals surface area contributed by atoms with Gasteiger partial charge in [-0.3, -0.25) is 4.68 Å². The van der Waals surface area contributed by atoms with Gasteiger partial charge in [0, 0.05) is 54.4 Å². The van der Waals surface area contributed by atoms with Crippen molar-refractivity contribution in [3.05, 3.63) is 89.3 Å². The summed E-state index contributed by atoms with van der Waals surface area (Å²) in [4.78, 5) is 13.6. The van der Waals surface area contributed by atoms with Crippen molar-refractivity contribution in [2.45, 2.75) is 45.7 Å². The van der Waals surface area contributed by atoms with E-state index in [1.54, 1.807) is 6.20 Å². The van der Waals surface area contributed by atoms with Crippen molar-refractivity contribution in [2.24, 2.45) is 0 Å². The fraction of sp³-hybridized carbons (Fsp3) is 0.241. The Morgan fingerprint density at radius 2 is 1.92 bits per heavy atom. The van der Waals surface area contributed by atoms with E-state index >= 15 is 0 Å². The summed E-state index contributed by atoms with van der Waals surface area (Å²) < 4.78 is 4.08. The van der Waals surface area contributed by atoms with Crippen LogP contribution >= 0.6 is 0 Å². The maximum atomic E-state index is 6.10. The van der Waals surface area contributed by atoms with E-state index in [0.29, 0.717) is 18.9 Å². The number of nitrogens with zero attached hydrogens (tertiary/aromatic N) is 6. The van der Waals surface area contributed by atoms with Crippen LogP contribution in [-0.2, 0) is 13.1 Å². The average Bonchev–Trinajstić information content (AvgIpc) is 3.54. The zero-order valence-electron chi connectivity index (χ0n) is 20.9. The molecule has 8 heteroatoms. The zero-order chi connectivity index (χ0) is 25.1. The number of imidazole rings is 1. The van der Waals surface area contributed by atoms with Crippen LogP contribution in [0.3, 0.4) is 0 Å². The third-order valence-electron chi connectivity index (χ3n) is 7.49. The van der Waals surface area contributed by atoms with Gasteiger partial charge in [0.15, 0.2) is 0 Å². The smallest absolute Gasteiger partial charge is 0.137 e. The first-order valence-corrected chi connectivity index (χ1v) is 12.7. The number of aromatic nitrogens is 6. The van der Waals surface area contributed by atoms with Crippen LogP contribution in [0.2, 0.25) is 0 Å². The molecule has 7 rings (SSSR count). The van der Waals surface area contributed by atoms with E-state index in [-0.39, 0.29) is 0 Å². The second-order valence-electron chi connectivity index (χ2n) is 10.1. The van der Waals surface area contributed by atoms with E-state index in [9.17, 15) is 0 Å². The molecule has 1 aliphatic carbocycles. The molecule has 0 atom stereocenters. The highest BCUT2D eigenvalue weighted by molar-refractivity contribution is 5.94. The molecule has 0 bridgehead atoms. The average molecular weight is 489 g/mol. The van der Waals surface area contributed by atoms with Gasteiger partial charge in [-0.25, -0.2) is 15.0 Å². The van der Waals surface area contributed by atoms with E-state index in [2.05, 4.69) is 64.1 Å². The van der Waals surface area contributed by atoms with Gasteiger partial charge < -0.3 is 15.5 Å². The predicted octanol–water partition coefficient (Wildman–Crippen LogP) is 5.36. The SMILES string of the molecule is Cc1cc2c(N)nccc2c(C)c1CNc1cc2nn(Cc3cn4cc(C5CC5)ccc4n3)cc2cn1. The molecule has 0 amide bonds. The van der Waals surface area contributed by atoms with Gasteiger partial charge in [0.25, 0.3) is 0 Å². The maximum Gasteiger partial charge on any atom is 0.137 e. The van der Waals surface area contributed by atoms with Crippen LogP contribution < -0.4 is 11.1 Å². The van der Waals surface area contributed by atoms with Crippen LogP contribution in [0.25, 0.3) is 27.3 Å². The third-order valence-corrected chi connectivity index (χ3v) is 7.49. The van der Waals surface area contributed by atoms with E-state index in [4.69, 9.17) is 15.8 Å². The molecule has 1 aromatic carbocycles. The molecule has 1 fully saturated rings. The molecule has 8 nitrogen and oxygen atoms in total. The highest BCUT2D eigenvalue weighted by Crippen LogP contribution is 2.39. The largest absolute Gasteiger partial charge is 0.383 e. The Bertz CT molecular complexity index is 1810. The number of nitrogens with one attached hydrogen (secondary N) is 1. The zero-order valence-corrected chi connectivity index (χ0v) is 20.9. The monoisotopic (exact) mass is 488 g/mol. The summed E-state index contributed by atoms with van der Waals surface area (Å²) in [6, 6.07) is 10.5. The molecule has 0 unspecified atom stereocenters. The van der Waals surface area contributed by atoms with Crippen LogP contribution in [0, 0.1) is 13.8 Å². The molecule has 5 aromatic heterocycles. The molecule has 6 aromatic rings.